The molecule has 0 spiro atoms. The largest absolute Gasteiger partial charge is 0.478 e. The molecule has 0 radical (unpaired) electrons. The van der Waals surface area contributed by atoms with Crippen LogP contribution in [0.15, 0.2) is 0 Å². The third kappa shape index (κ3) is 8.83. The first-order valence-corrected chi connectivity index (χ1v) is 7.90. The Morgan fingerprint density at radius 1 is 0.880 bits per heavy atom. The highest BCUT2D eigenvalue weighted by Crippen LogP contribution is 2.12. The lowest BCUT2D eigenvalue weighted by atomic mass is 10.1. The van der Waals surface area contributed by atoms with Crippen molar-refractivity contribution in [3.05, 3.63) is 0 Å². The van der Waals surface area contributed by atoms with Crippen LogP contribution in [0.25, 0.3) is 0 Å². The van der Waals surface area contributed by atoms with Crippen LogP contribution in [0.4, 0.5) is 0 Å². The molecular weight excluding hydrogens is 336 g/mol. The van der Waals surface area contributed by atoms with Crippen molar-refractivity contribution in [1.29, 1.82) is 0 Å². The van der Waals surface area contributed by atoms with E-state index in [9.17, 15) is 24.0 Å². The van der Waals surface area contributed by atoms with Crippen LogP contribution in [0.1, 0.15) is 53.4 Å². The predicted molar refractivity (Wildman–Crippen MR) is 83.4 cm³/mol. The van der Waals surface area contributed by atoms with Gasteiger partial charge in [-0.1, -0.05) is 19.8 Å². The van der Waals surface area contributed by atoms with E-state index in [2.05, 4.69) is 9.47 Å². The maximum atomic E-state index is 12.1. The van der Waals surface area contributed by atoms with Crippen molar-refractivity contribution in [3.63, 3.8) is 0 Å². The second-order valence-electron chi connectivity index (χ2n) is 5.40. The van der Waals surface area contributed by atoms with Crippen LogP contribution in [0.5, 0.6) is 0 Å². The molecule has 0 aromatic rings. The smallest absolute Gasteiger partial charge is 0.352 e. The van der Waals surface area contributed by atoms with Gasteiger partial charge in [-0.3, -0.25) is 14.4 Å². The lowest BCUT2D eigenvalue weighted by molar-refractivity contribution is -0.190. The molecule has 0 saturated carbocycles. The molecule has 1 N–H and O–H groups in total. The van der Waals surface area contributed by atoms with Crippen molar-refractivity contribution in [3.8, 4) is 0 Å². The first kappa shape index (κ1) is 22.6. The Morgan fingerprint density at radius 3 is 1.84 bits per heavy atom. The summed E-state index contributed by atoms with van der Waals surface area (Å²) in [7, 11) is 0. The second-order valence-corrected chi connectivity index (χ2v) is 5.40. The monoisotopic (exact) mass is 360 g/mol. The van der Waals surface area contributed by atoms with Crippen molar-refractivity contribution < 1.29 is 43.3 Å². The number of ether oxygens (including phenoxy) is 3. The molecule has 0 saturated heterocycles. The molecule has 0 aromatic heterocycles. The SMILES string of the molecule is CCCCCC(=O)[C@H](C)OC(=O)[C@H](OC(C)=O)[C@@H](OC(C)=O)C(=O)O. The fourth-order valence-electron chi connectivity index (χ4n) is 1.89. The van der Waals surface area contributed by atoms with Crippen molar-refractivity contribution in [2.24, 2.45) is 0 Å². The number of carbonyl (C=O) groups is 5. The topological polar surface area (TPSA) is 133 Å². The summed E-state index contributed by atoms with van der Waals surface area (Å²) in [5, 5.41) is 9.10. The van der Waals surface area contributed by atoms with Crippen LogP contribution in [-0.2, 0) is 38.2 Å². The van der Waals surface area contributed by atoms with Gasteiger partial charge in [-0.05, 0) is 13.3 Å². The lowest BCUT2D eigenvalue weighted by Gasteiger charge is -2.23. The van der Waals surface area contributed by atoms with Gasteiger partial charge in [0.05, 0.1) is 0 Å². The third-order valence-corrected chi connectivity index (χ3v) is 3.11. The Morgan fingerprint density at radius 2 is 1.40 bits per heavy atom. The number of hydrogen-bond donors (Lipinski definition) is 1. The zero-order valence-corrected chi connectivity index (χ0v) is 14.8. The summed E-state index contributed by atoms with van der Waals surface area (Å²) in [5.74, 6) is -5.27. The molecule has 9 nitrogen and oxygen atoms in total. The molecule has 0 fully saturated rings. The molecule has 0 heterocycles. The molecule has 0 amide bonds. The maximum Gasteiger partial charge on any atom is 0.352 e. The highest BCUT2D eigenvalue weighted by molar-refractivity contribution is 5.90. The van der Waals surface area contributed by atoms with Crippen molar-refractivity contribution in [2.75, 3.05) is 0 Å². The summed E-state index contributed by atoms with van der Waals surface area (Å²) in [4.78, 5) is 57.4. The van der Waals surface area contributed by atoms with Gasteiger partial charge < -0.3 is 19.3 Å². The molecule has 142 valence electrons. The number of carboxylic acids is 1. The van der Waals surface area contributed by atoms with E-state index in [-0.39, 0.29) is 12.2 Å². The molecule has 0 bridgehead atoms. The summed E-state index contributed by atoms with van der Waals surface area (Å²) in [6, 6.07) is 0. The van der Waals surface area contributed by atoms with E-state index >= 15 is 0 Å². The van der Waals surface area contributed by atoms with E-state index in [1.54, 1.807) is 0 Å². The van der Waals surface area contributed by atoms with Crippen LogP contribution in [0.2, 0.25) is 0 Å². The third-order valence-electron chi connectivity index (χ3n) is 3.11. The summed E-state index contributed by atoms with van der Waals surface area (Å²) in [6.07, 6.45) is -2.63. The van der Waals surface area contributed by atoms with E-state index in [1.165, 1.54) is 6.92 Å². The number of carbonyl (C=O) groups excluding carboxylic acids is 4. The first-order valence-electron chi connectivity index (χ1n) is 7.90. The minimum Gasteiger partial charge on any atom is -0.478 e. The molecule has 9 heteroatoms. The van der Waals surface area contributed by atoms with Crippen molar-refractivity contribution in [1.82, 2.24) is 0 Å². The van der Waals surface area contributed by atoms with Crippen LogP contribution in [-0.4, -0.2) is 53.1 Å². The van der Waals surface area contributed by atoms with Gasteiger partial charge in [-0.15, -0.1) is 0 Å². The molecule has 0 aliphatic rings. The Kier molecular flexibility index (Phi) is 10.1. The fraction of sp³-hybridized carbons (Fsp3) is 0.688. The van der Waals surface area contributed by atoms with Crippen LogP contribution in [0, 0.1) is 0 Å². The van der Waals surface area contributed by atoms with Crippen LogP contribution >= 0.6 is 0 Å². The molecule has 0 aliphatic heterocycles. The summed E-state index contributed by atoms with van der Waals surface area (Å²) < 4.78 is 14.0. The van der Waals surface area contributed by atoms with Gasteiger partial charge in [0.15, 0.2) is 11.9 Å². The zero-order chi connectivity index (χ0) is 19.6. The molecule has 0 aromatic carbocycles. The molecule has 0 unspecified atom stereocenters. The van der Waals surface area contributed by atoms with Crippen molar-refractivity contribution in [2.45, 2.75) is 71.7 Å². The van der Waals surface area contributed by atoms with Gasteiger partial charge in [0.1, 0.15) is 0 Å². The average Bonchev–Trinajstić information content (AvgIpc) is 2.49. The highest BCUT2D eigenvalue weighted by Gasteiger charge is 2.41. The summed E-state index contributed by atoms with van der Waals surface area (Å²) >= 11 is 0. The van der Waals surface area contributed by atoms with E-state index in [1.807, 2.05) is 6.92 Å². The highest BCUT2D eigenvalue weighted by atomic mass is 16.6. The van der Waals surface area contributed by atoms with Gasteiger partial charge >= 0.3 is 23.9 Å². The lowest BCUT2D eigenvalue weighted by Crippen LogP contribution is -2.47. The molecular formula is C16H24O9. The van der Waals surface area contributed by atoms with Crippen LogP contribution in [0.3, 0.4) is 0 Å². The Balaban J connectivity index is 5.09. The fourth-order valence-corrected chi connectivity index (χ4v) is 1.89. The number of carboxylic acid groups (broad SMARTS) is 1. The standard InChI is InChI=1S/C16H24O9/c1-5-6-7-8-12(19)9(2)23-16(22)14(25-11(4)18)13(15(20)21)24-10(3)17/h9,13-14H,5-8H2,1-4H3,(H,20,21)/t9-,13+,14+/m0/s1. The van der Waals surface area contributed by atoms with E-state index in [4.69, 9.17) is 9.84 Å². The first-order chi connectivity index (χ1) is 11.6. The number of aliphatic carboxylic acids is 1. The van der Waals surface area contributed by atoms with Crippen molar-refractivity contribution >= 4 is 29.7 Å². The van der Waals surface area contributed by atoms with E-state index in [0.29, 0.717) is 6.42 Å². The van der Waals surface area contributed by atoms with Crippen LogP contribution < -0.4 is 0 Å². The van der Waals surface area contributed by atoms with Gasteiger partial charge in [-0.2, -0.15) is 0 Å². The second kappa shape index (κ2) is 11.2. The quantitative estimate of drug-likeness (QED) is 0.325. The number of esters is 3. The number of hydrogen-bond acceptors (Lipinski definition) is 8. The summed E-state index contributed by atoms with van der Waals surface area (Å²) in [5.41, 5.74) is 0. The molecule has 0 aliphatic carbocycles. The Bertz CT molecular complexity index is 512. The molecule has 25 heavy (non-hydrogen) atoms. The predicted octanol–water partition coefficient (Wildman–Crippen LogP) is 1.02. The Labute approximate surface area is 145 Å². The number of unbranched alkanes of at least 4 members (excludes halogenated alkanes) is 2. The number of ketones is 1. The van der Waals surface area contributed by atoms with Gasteiger partial charge in [0.2, 0.25) is 12.2 Å². The maximum absolute atomic E-state index is 12.1. The molecule has 3 atom stereocenters. The Hall–Kier alpha value is -2.45. The van der Waals surface area contributed by atoms with Gasteiger partial charge in [-0.25, -0.2) is 9.59 Å². The van der Waals surface area contributed by atoms with Gasteiger partial charge in [0.25, 0.3) is 0 Å². The zero-order valence-electron chi connectivity index (χ0n) is 14.8. The van der Waals surface area contributed by atoms with E-state index in [0.717, 1.165) is 26.7 Å². The normalized spacial score (nSPS) is 13.9. The minimum atomic E-state index is -2.07. The average molecular weight is 360 g/mol. The molecule has 0 rings (SSSR count). The number of Topliss-reactive ketones (excluding diaryl/α,β-unsaturated/α-hetero) is 1. The van der Waals surface area contributed by atoms with E-state index < -0.39 is 42.2 Å². The number of rotatable bonds is 11. The van der Waals surface area contributed by atoms with Gasteiger partial charge in [0, 0.05) is 20.3 Å². The summed E-state index contributed by atoms with van der Waals surface area (Å²) in [6.45, 7) is 5.19. The minimum absolute atomic E-state index is 0.201.